The van der Waals surface area contributed by atoms with E-state index in [1.807, 2.05) is 48.9 Å². The lowest BCUT2D eigenvalue weighted by Crippen LogP contribution is -2.49. The highest BCUT2D eigenvalue weighted by atomic mass is 35.5. The summed E-state index contributed by atoms with van der Waals surface area (Å²) in [6.07, 6.45) is 4.43. The zero-order chi connectivity index (χ0) is 30.3. The number of amides is 2. The number of carbonyl (C=O) groups excluding carboxylic acids is 2. The number of likely N-dealkylation sites (tertiary alicyclic amines) is 1. The Morgan fingerprint density at radius 1 is 1.14 bits per heavy atom. The fourth-order valence-corrected chi connectivity index (χ4v) is 5.07. The van der Waals surface area contributed by atoms with Gasteiger partial charge in [0.15, 0.2) is 0 Å². The molecule has 2 aromatic carbocycles. The van der Waals surface area contributed by atoms with Gasteiger partial charge in [-0.2, -0.15) is 0 Å². The number of hydrogen-bond donors (Lipinski definition) is 3. The smallest absolute Gasteiger partial charge is 0.251 e. The van der Waals surface area contributed by atoms with E-state index < -0.39 is 5.60 Å². The Morgan fingerprint density at radius 3 is 2.45 bits per heavy atom. The van der Waals surface area contributed by atoms with Crippen LogP contribution in [-0.4, -0.2) is 70.2 Å². The summed E-state index contributed by atoms with van der Waals surface area (Å²) in [5.74, 6) is 0.829. The van der Waals surface area contributed by atoms with Gasteiger partial charge in [-0.1, -0.05) is 42.8 Å². The number of hydrogen-bond acceptors (Lipinski definition) is 6. The first-order valence-electron chi connectivity index (χ1n) is 14.7. The van der Waals surface area contributed by atoms with Crippen LogP contribution in [0.15, 0.2) is 48.7 Å². The second kappa shape index (κ2) is 14.2. The van der Waals surface area contributed by atoms with Crippen molar-refractivity contribution < 1.29 is 19.4 Å². The van der Waals surface area contributed by atoms with E-state index in [9.17, 15) is 14.7 Å². The number of aromatic nitrogens is 2. The summed E-state index contributed by atoms with van der Waals surface area (Å²) in [5.41, 5.74) is 2.09. The molecule has 10 heteroatoms. The molecule has 1 aliphatic heterocycles. The second-order valence-electron chi connectivity index (χ2n) is 11.3. The Labute approximate surface area is 253 Å². The zero-order valence-electron chi connectivity index (χ0n) is 25.0. The minimum Gasteiger partial charge on any atom is -0.492 e. The van der Waals surface area contributed by atoms with Gasteiger partial charge in [0.1, 0.15) is 17.2 Å². The van der Waals surface area contributed by atoms with E-state index in [1.165, 1.54) is 0 Å². The SMILES string of the molecule is CCCOc1ccc(C(=O)N[C@@H](CNC(=O)CN2CCC2)Cc2ccc(-c3cn(CC)c(C(C)(C)O)n3)cc2)cc1Cl. The number of halogens is 1. The lowest BCUT2D eigenvalue weighted by Gasteiger charge is -2.30. The molecule has 3 aromatic rings. The molecule has 3 N–H and O–H groups in total. The Hall–Kier alpha value is -3.40. The molecule has 1 atom stereocenters. The fraction of sp³-hybridized carbons (Fsp3) is 0.469. The van der Waals surface area contributed by atoms with Crippen molar-refractivity contribution in [2.45, 2.75) is 65.1 Å². The molecule has 4 rings (SSSR count). The van der Waals surface area contributed by atoms with Crippen LogP contribution >= 0.6 is 11.6 Å². The summed E-state index contributed by atoms with van der Waals surface area (Å²) in [7, 11) is 0. The predicted molar refractivity (Wildman–Crippen MR) is 165 cm³/mol. The van der Waals surface area contributed by atoms with Gasteiger partial charge in [-0.25, -0.2) is 4.98 Å². The Bertz CT molecular complexity index is 1360. The monoisotopic (exact) mass is 595 g/mol. The summed E-state index contributed by atoms with van der Waals surface area (Å²) >= 11 is 6.37. The number of aliphatic hydroxyl groups is 1. The van der Waals surface area contributed by atoms with Crippen molar-refractivity contribution in [3.05, 3.63) is 70.6 Å². The first kappa shape index (κ1) is 31.5. The summed E-state index contributed by atoms with van der Waals surface area (Å²) in [4.78, 5) is 32.5. The second-order valence-corrected chi connectivity index (χ2v) is 11.7. The molecule has 0 aliphatic carbocycles. The van der Waals surface area contributed by atoms with Crippen LogP contribution in [0.2, 0.25) is 5.02 Å². The minimum absolute atomic E-state index is 0.0566. The maximum atomic E-state index is 13.2. The standard InChI is InChI=1S/C32H42ClN5O4/c1-5-16-42-28-13-12-24(18-26(28)33)30(40)35-25(19-34-29(39)21-37-14-7-15-37)17-22-8-10-23(11-9-22)27-20-38(6-2)31(36-27)32(3,4)41/h8-13,18,20,25,41H,5-7,14-17,19,21H2,1-4H3,(H,34,39)(H,35,40)/t25-/m1/s1. The molecule has 0 saturated carbocycles. The number of rotatable bonds is 14. The van der Waals surface area contributed by atoms with Crippen LogP contribution in [0, 0.1) is 0 Å². The highest BCUT2D eigenvalue weighted by molar-refractivity contribution is 6.32. The lowest BCUT2D eigenvalue weighted by atomic mass is 10.0. The molecular weight excluding hydrogens is 554 g/mol. The first-order valence-corrected chi connectivity index (χ1v) is 15.1. The van der Waals surface area contributed by atoms with Crippen LogP contribution in [0.25, 0.3) is 11.3 Å². The van der Waals surface area contributed by atoms with Crippen LogP contribution in [0.3, 0.4) is 0 Å². The Kier molecular flexibility index (Phi) is 10.6. The zero-order valence-corrected chi connectivity index (χ0v) is 25.7. The molecule has 2 amide bonds. The van der Waals surface area contributed by atoms with Crippen LogP contribution in [-0.2, 0) is 23.4 Å². The largest absolute Gasteiger partial charge is 0.492 e. The van der Waals surface area contributed by atoms with Crippen molar-refractivity contribution in [3.8, 4) is 17.0 Å². The Morgan fingerprint density at radius 2 is 1.88 bits per heavy atom. The minimum atomic E-state index is -1.05. The number of carbonyl (C=O) groups is 2. The molecule has 1 aliphatic rings. The molecule has 0 bridgehead atoms. The van der Waals surface area contributed by atoms with Crippen LogP contribution < -0.4 is 15.4 Å². The van der Waals surface area contributed by atoms with Crippen LogP contribution in [0.4, 0.5) is 0 Å². The van der Waals surface area contributed by atoms with Crippen molar-refractivity contribution in [1.29, 1.82) is 0 Å². The van der Waals surface area contributed by atoms with Gasteiger partial charge in [-0.15, -0.1) is 0 Å². The number of nitrogens with one attached hydrogen (secondary N) is 2. The average Bonchev–Trinajstić information content (AvgIpc) is 3.39. The van der Waals surface area contributed by atoms with Crippen molar-refractivity contribution in [2.24, 2.45) is 0 Å². The van der Waals surface area contributed by atoms with E-state index in [0.717, 1.165) is 42.8 Å². The van der Waals surface area contributed by atoms with Gasteiger partial charge in [0.25, 0.3) is 5.91 Å². The highest BCUT2D eigenvalue weighted by Crippen LogP contribution is 2.27. The van der Waals surface area contributed by atoms with Crippen molar-refractivity contribution >= 4 is 23.4 Å². The average molecular weight is 596 g/mol. The number of aryl methyl sites for hydroxylation is 1. The van der Waals surface area contributed by atoms with E-state index in [0.29, 0.717) is 54.8 Å². The third kappa shape index (κ3) is 8.33. The van der Waals surface area contributed by atoms with E-state index in [4.69, 9.17) is 16.3 Å². The number of ether oxygens (including phenoxy) is 1. The number of benzene rings is 2. The number of imidazole rings is 1. The van der Waals surface area contributed by atoms with Gasteiger partial charge in [-0.3, -0.25) is 14.5 Å². The third-order valence-corrected chi connectivity index (χ3v) is 7.54. The Balaban J connectivity index is 1.47. The van der Waals surface area contributed by atoms with Crippen molar-refractivity contribution in [1.82, 2.24) is 25.1 Å². The fourth-order valence-electron chi connectivity index (χ4n) is 4.83. The molecular formula is C32H42ClN5O4. The van der Waals surface area contributed by atoms with E-state index >= 15 is 0 Å². The summed E-state index contributed by atoms with van der Waals surface area (Å²) in [6, 6.07) is 12.6. The molecule has 42 heavy (non-hydrogen) atoms. The third-order valence-electron chi connectivity index (χ3n) is 7.25. The molecule has 1 saturated heterocycles. The maximum Gasteiger partial charge on any atom is 0.251 e. The molecule has 1 fully saturated rings. The van der Waals surface area contributed by atoms with E-state index in [1.54, 1.807) is 32.0 Å². The number of nitrogens with zero attached hydrogens (tertiary/aromatic N) is 3. The highest BCUT2D eigenvalue weighted by Gasteiger charge is 2.24. The topological polar surface area (TPSA) is 109 Å². The summed E-state index contributed by atoms with van der Waals surface area (Å²) < 4.78 is 7.58. The van der Waals surface area contributed by atoms with E-state index in [2.05, 4.69) is 20.5 Å². The molecule has 0 radical (unpaired) electrons. The molecule has 0 spiro atoms. The van der Waals surface area contributed by atoms with Gasteiger partial charge < -0.3 is 25.0 Å². The van der Waals surface area contributed by atoms with Crippen LogP contribution in [0.1, 0.15) is 62.3 Å². The lowest BCUT2D eigenvalue weighted by molar-refractivity contribution is -0.123. The van der Waals surface area contributed by atoms with Gasteiger partial charge >= 0.3 is 0 Å². The molecule has 2 heterocycles. The van der Waals surface area contributed by atoms with Gasteiger partial charge in [0, 0.05) is 30.4 Å². The maximum absolute atomic E-state index is 13.2. The molecule has 226 valence electrons. The van der Waals surface area contributed by atoms with Crippen molar-refractivity contribution in [2.75, 3.05) is 32.8 Å². The molecule has 9 nitrogen and oxygen atoms in total. The normalized spacial score (nSPS) is 14.2. The first-order chi connectivity index (χ1) is 20.1. The van der Waals surface area contributed by atoms with E-state index in [-0.39, 0.29) is 17.9 Å². The van der Waals surface area contributed by atoms with Gasteiger partial charge in [-0.05, 0) is 76.9 Å². The predicted octanol–water partition coefficient (Wildman–Crippen LogP) is 4.40. The quantitative estimate of drug-likeness (QED) is 0.255. The molecule has 0 unspecified atom stereocenters. The van der Waals surface area contributed by atoms with Gasteiger partial charge in [0.05, 0.1) is 29.9 Å². The summed E-state index contributed by atoms with van der Waals surface area (Å²) in [5, 5.41) is 17.0. The van der Waals surface area contributed by atoms with Crippen LogP contribution in [0.5, 0.6) is 5.75 Å². The van der Waals surface area contributed by atoms with Crippen molar-refractivity contribution in [3.63, 3.8) is 0 Å². The summed E-state index contributed by atoms with van der Waals surface area (Å²) in [6.45, 7) is 11.3. The molecule has 1 aromatic heterocycles. The van der Waals surface area contributed by atoms with Gasteiger partial charge in [0.2, 0.25) is 5.91 Å².